The summed E-state index contributed by atoms with van der Waals surface area (Å²) in [6, 6.07) is 6.87. The molecule has 0 saturated heterocycles. The van der Waals surface area contributed by atoms with E-state index in [0.717, 1.165) is 6.07 Å². The van der Waals surface area contributed by atoms with Gasteiger partial charge in [-0.1, -0.05) is 12.1 Å². The third-order valence-electron chi connectivity index (χ3n) is 2.03. The Kier molecular flexibility index (Phi) is 2.75. The Labute approximate surface area is 97.8 Å². The second-order valence-electron chi connectivity index (χ2n) is 3.08. The Balaban J connectivity index is 2.62. The zero-order chi connectivity index (χ0) is 11.8. The van der Waals surface area contributed by atoms with Gasteiger partial charge in [0.2, 0.25) is 0 Å². The maximum atomic E-state index is 12.7. The molecule has 1 heterocycles. The summed E-state index contributed by atoms with van der Waals surface area (Å²) in [6.45, 7) is 0. The fourth-order valence-corrected chi connectivity index (χ4v) is 1.76. The first-order valence-corrected chi connectivity index (χ1v) is 5.15. The molecule has 0 fully saturated rings. The average Bonchev–Trinajstić information content (AvgIpc) is 2.63. The van der Waals surface area contributed by atoms with Crippen LogP contribution in [0.3, 0.4) is 0 Å². The molecule has 2 rings (SSSR count). The van der Waals surface area contributed by atoms with Crippen LogP contribution in [0.1, 0.15) is 5.56 Å². The van der Waals surface area contributed by atoms with Crippen LogP contribution in [0.4, 0.5) is 13.2 Å². The van der Waals surface area contributed by atoms with Gasteiger partial charge in [0.15, 0.2) is 0 Å². The van der Waals surface area contributed by atoms with Gasteiger partial charge < -0.3 is 0 Å². The number of rotatable bonds is 1. The van der Waals surface area contributed by atoms with Gasteiger partial charge in [-0.15, -0.1) is 0 Å². The summed E-state index contributed by atoms with van der Waals surface area (Å²) in [5, 5.41) is 3.83. The summed E-state index contributed by atoms with van der Waals surface area (Å²) in [4.78, 5) is 0. The number of nitrogens with zero attached hydrogens (tertiary/aromatic N) is 2. The summed E-state index contributed by atoms with van der Waals surface area (Å²) in [5.74, 6) is 0. The molecule has 84 valence electrons. The Morgan fingerprint density at radius 3 is 2.38 bits per heavy atom. The topological polar surface area (TPSA) is 17.8 Å². The van der Waals surface area contributed by atoms with E-state index >= 15 is 0 Å². The Morgan fingerprint density at radius 2 is 1.81 bits per heavy atom. The van der Waals surface area contributed by atoms with E-state index in [-0.39, 0.29) is 5.69 Å². The maximum Gasteiger partial charge on any atom is 0.418 e. The monoisotopic (exact) mass is 290 g/mol. The van der Waals surface area contributed by atoms with E-state index in [9.17, 15) is 13.2 Å². The quantitative estimate of drug-likeness (QED) is 0.784. The molecule has 0 spiro atoms. The van der Waals surface area contributed by atoms with Crippen LogP contribution in [0.25, 0.3) is 5.69 Å². The first-order valence-electron chi connectivity index (χ1n) is 4.36. The highest BCUT2D eigenvalue weighted by Gasteiger charge is 2.34. The highest BCUT2D eigenvalue weighted by atomic mass is 79.9. The Morgan fingerprint density at radius 1 is 1.12 bits per heavy atom. The number of alkyl halides is 3. The molecule has 1 aromatic carbocycles. The third kappa shape index (κ3) is 1.97. The molecule has 0 aliphatic heterocycles. The number of hydrogen-bond acceptors (Lipinski definition) is 1. The predicted octanol–water partition coefficient (Wildman–Crippen LogP) is 3.65. The van der Waals surface area contributed by atoms with E-state index in [0.29, 0.717) is 4.60 Å². The predicted molar refractivity (Wildman–Crippen MR) is 56.3 cm³/mol. The van der Waals surface area contributed by atoms with E-state index < -0.39 is 11.7 Å². The van der Waals surface area contributed by atoms with Gasteiger partial charge in [-0.25, -0.2) is 4.68 Å². The lowest BCUT2D eigenvalue weighted by Crippen LogP contribution is -2.11. The first kappa shape index (κ1) is 11.2. The summed E-state index contributed by atoms with van der Waals surface area (Å²) in [5.41, 5.74) is -0.703. The zero-order valence-electron chi connectivity index (χ0n) is 7.87. The smallest absolute Gasteiger partial charge is 0.226 e. The van der Waals surface area contributed by atoms with Gasteiger partial charge in [0.1, 0.15) is 4.60 Å². The molecule has 0 unspecified atom stereocenters. The molecule has 0 aliphatic rings. The molecule has 0 amide bonds. The molecular formula is C10H6BrF3N2. The molecule has 0 N–H and O–H groups in total. The van der Waals surface area contributed by atoms with E-state index in [1.54, 1.807) is 12.1 Å². The molecule has 16 heavy (non-hydrogen) atoms. The summed E-state index contributed by atoms with van der Waals surface area (Å²) < 4.78 is 39.8. The molecular weight excluding hydrogens is 285 g/mol. The van der Waals surface area contributed by atoms with Crippen molar-refractivity contribution in [1.29, 1.82) is 0 Å². The third-order valence-corrected chi connectivity index (χ3v) is 2.63. The Hall–Kier alpha value is -1.30. The molecule has 2 aromatic rings. The van der Waals surface area contributed by atoms with Crippen molar-refractivity contribution in [2.24, 2.45) is 0 Å². The standard InChI is InChI=1S/C10H6BrF3N2/c11-9-5-6-15-16(9)8-4-2-1-3-7(8)10(12,13)14/h1-6H. The molecule has 0 saturated carbocycles. The first-order chi connectivity index (χ1) is 7.50. The summed E-state index contributed by atoms with van der Waals surface area (Å²) in [7, 11) is 0. The van der Waals surface area contributed by atoms with E-state index in [1.807, 2.05) is 0 Å². The number of aromatic nitrogens is 2. The van der Waals surface area contributed by atoms with Crippen molar-refractivity contribution in [3.8, 4) is 5.69 Å². The molecule has 1 aromatic heterocycles. The molecule has 0 aliphatic carbocycles. The van der Waals surface area contributed by atoms with Crippen LogP contribution in [0.2, 0.25) is 0 Å². The summed E-state index contributed by atoms with van der Waals surface area (Å²) in [6.07, 6.45) is -2.96. The molecule has 0 atom stereocenters. The lowest BCUT2D eigenvalue weighted by Gasteiger charge is -2.12. The van der Waals surface area contributed by atoms with Gasteiger partial charge >= 0.3 is 6.18 Å². The summed E-state index contributed by atoms with van der Waals surface area (Å²) >= 11 is 3.14. The van der Waals surface area contributed by atoms with Crippen molar-refractivity contribution in [3.05, 3.63) is 46.7 Å². The lowest BCUT2D eigenvalue weighted by atomic mass is 10.2. The molecule has 6 heteroatoms. The minimum absolute atomic E-state index is 0.00637. The van der Waals surface area contributed by atoms with Crippen molar-refractivity contribution in [2.45, 2.75) is 6.18 Å². The number of hydrogen-bond donors (Lipinski definition) is 0. The van der Waals surface area contributed by atoms with Gasteiger partial charge in [-0.3, -0.25) is 0 Å². The van der Waals surface area contributed by atoms with Gasteiger partial charge in [-0.05, 0) is 34.1 Å². The SMILES string of the molecule is FC(F)(F)c1ccccc1-n1nccc1Br. The van der Waals surface area contributed by atoms with Crippen LogP contribution in [0.5, 0.6) is 0 Å². The zero-order valence-corrected chi connectivity index (χ0v) is 9.46. The highest BCUT2D eigenvalue weighted by Crippen LogP contribution is 2.34. The Bertz CT molecular complexity index is 505. The van der Waals surface area contributed by atoms with Crippen LogP contribution in [-0.4, -0.2) is 9.78 Å². The molecule has 0 bridgehead atoms. The fraction of sp³-hybridized carbons (Fsp3) is 0.100. The highest BCUT2D eigenvalue weighted by molar-refractivity contribution is 9.10. The van der Waals surface area contributed by atoms with Crippen LogP contribution in [0, 0.1) is 0 Å². The van der Waals surface area contributed by atoms with Crippen LogP contribution >= 0.6 is 15.9 Å². The van der Waals surface area contributed by atoms with E-state index in [2.05, 4.69) is 21.0 Å². The van der Waals surface area contributed by atoms with Crippen molar-refractivity contribution in [2.75, 3.05) is 0 Å². The largest absolute Gasteiger partial charge is 0.418 e. The lowest BCUT2D eigenvalue weighted by molar-refractivity contribution is -0.137. The van der Waals surface area contributed by atoms with Gasteiger partial charge in [0, 0.05) is 0 Å². The average molecular weight is 291 g/mol. The number of benzene rings is 1. The van der Waals surface area contributed by atoms with Crippen LogP contribution in [0.15, 0.2) is 41.1 Å². The number of halogens is 4. The van der Waals surface area contributed by atoms with Gasteiger partial charge in [0.05, 0.1) is 17.4 Å². The van der Waals surface area contributed by atoms with Gasteiger partial charge in [0.25, 0.3) is 0 Å². The second kappa shape index (κ2) is 3.93. The van der Waals surface area contributed by atoms with Crippen molar-refractivity contribution in [3.63, 3.8) is 0 Å². The normalized spacial score (nSPS) is 11.8. The van der Waals surface area contributed by atoms with Crippen LogP contribution in [-0.2, 0) is 6.18 Å². The van der Waals surface area contributed by atoms with E-state index in [1.165, 1.54) is 23.0 Å². The van der Waals surface area contributed by atoms with Crippen molar-refractivity contribution in [1.82, 2.24) is 9.78 Å². The number of para-hydroxylation sites is 1. The second-order valence-corrected chi connectivity index (χ2v) is 3.89. The van der Waals surface area contributed by atoms with E-state index in [4.69, 9.17) is 0 Å². The van der Waals surface area contributed by atoms with Crippen molar-refractivity contribution < 1.29 is 13.2 Å². The minimum Gasteiger partial charge on any atom is -0.226 e. The van der Waals surface area contributed by atoms with Gasteiger partial charge in [-0.2, -0.15) is 18.3 Å². The maximum absolute atomic E-state index is 12.7. The fourth-order valence-electron chi connectivity index (χ4n) is 1.36. The van der Waals surface area contributed by atoms with Crippen molar-refractivity contribution >= 4 is 15.9 Å². The van der Waals surface area contributed by atoms with Crippen LogP contribution < -0.4 is 0 Å². The minimum atomic E-state index is -4.39. The molecule has 2 nitrogen and oxygen atoms in total. The molecule has 0 radical (unpaired) electrons.